The molecule has 0 saturated heterocycles. The van der Waals surface area contributed by atoms with Gasteiger partial charge in [0.15, 0.2) is 6.10 Å². The number of ether oxygens (including phenoxy) is 2. The molecule has 28 heavy (non-hydrogen) atoms. The third kappa shape index (κ3) is 4.49. The molecule has 0 spiro atoms. The smallest absolute Gasteiger partial charge is 0.265 e. The molecular weight excluding hydrogens is 350 g/mol. The van der Waals surface area contributed by atoms with E-state index in [-0.39, 0.29) is 5.91 Å². The summed E-state index contributed by atoms with van der Waals surface area (Å²) in [5.41, 5.74) is 3.38. The first-order valence-corrected chi connectivity index (χ1v) is 10.5. The molecule has 2 aromatic rings. The van der Waals surface area contributed by atoms with Crippen molar-refractivity contribution in [2.45, 2.75) is 70.5 Å². The van der Waals surface area contributed by atoms with E-state index in [1.165, 1.54) is 36.8 Å². The van der Waals surface area contributed by atoms with Gasteiger partial charge in [0.2, 0.25) is 0 Å². The number of hydrogen-bond donors (Lipinski definition) is 1. The highest BCUT2D eigenvalue weighted by Crippen LogP contribution is 2.30. The average molecular weight is 380 g/mol. The molecule has 0 aliphatic heterocycles. The Morgan fingerprint density at radius 1 is 1.00 bits per heavy atom. The van der Waals surface area contributed by atoms with Crippen LogP contribution in [0, 0.1) is 0 Å². The van der Waals surface area contributed by atoms with Crippen LogP contribution in [-0.2, 0) is 17.6 Å². The van der Waals surface area contributed by atoms with Crippen molar-refractivity contribution in [1.82, 2.24) is 0 Å². The van der Waals surface area contributed by atoms with Gasteiger partial charge < -0.3 is 14.8 Å². The second-order valence-corrected chi connectivity index (χ2v) is 7.90. The molecule has 0 radical (unpaired) electrons. The van der Waals surface area contributed by atoms with E-state index in [9.17, 15) is 4.79 Å². The third-order valence-corrected chi connectivity index (χ3v) is 5.75. The van der Waals surface area contributed by atoms with E-state index >= 15 is 0 Å². The molecule has 4 rings (SSSR count). The number of benzene rings is 2. The van der Waals surface area contributed by atoms with Gasteiger partial charge in [-0.05, 0) is 99.7 Å². The van der Waals surface area contributed by atoms with E-state index in [1.807, 2.05) is 36.4 Å². The molecule has 148 valence electrons. The first-order chi connectivity index (χ1) is 13.7. The molecule has 4 nitrogen and oxygen atoms in total. The van der Waals surface area contributed by atoms with E-state index in [1.54, 1.807) is 6.92 Å². The predicted octanol–water partition coefficient (Wildman–Crippen LogP) is 5.29. The Labute approximate surface area is 167 Å². The van der Waals surface area contributed by atoms with Gasteiger partial charge in [-0.25, -0.2) is 0 Å². The van der Waals surface area contributed by atoms with Crippen LogP contribution in [0.5, 0.6) is 11.5 Å². The molecule has 1 N–H and O–H groups in total. The van der Waals surface area contributed by atoms with Crippen molar-refractivity contribution < 1.29 is 14.3 Å². The normalized spacial score (nSPS) is 17.6. The fourth-order valence-corrected chi connectivity index (χ4v) is 4.16. The maximum Gasteiger partial charge on any atom is 0.265 e. The number of carbonyl (C=O) groups is 1. The molecule has 0 aromatic heterocycles. The van der Waals surface area contributed by atoms with Gasteiger partial charge in [-0.1, -0.05) is 12.1 Å². The summed E-state index contributed by atoms with van der Waals surface area (Å²) in [6, 6.07) is 13.8. The molecule has 2 aromatic carbocycles. The van der Waals surface area contributed by atoms with E-state index in [4.69, 9.17) is 9.47 Å². The Hall–Kier alpha value is -2.49. The lowest BCUT2D eigenvalue weighted by Gasteiger charge is -2.22. The number of nitrogens with one attached hydrogen (secondary N) is 1. The summed E-state index contributed by atoms with van der Waals surface area (Å²) in [6.07, 6.45) is 9.10. The van der Waals surface area contributed by atoms with Crippen LogP contribution >= 0.6 is 0 Å². The van der Waals surface area contributed by atoms with Crippen molar-refractivity contribution in [2.24, 2.45) is 0 Å². The van der Waals surface area contributed by atoms with Crippen LogP contribution in [0.4, 0.5) is 5.69 Å². The predicted molar refractivity (Wildman–Crippen MR) is 111 cm³/mol. The van der Waals surface area contributed by atoms with Crippen LogP contribution in [-0.4, -0.2) is 18.1 Å². The lowest BCUT2D eigenvalue weighted by Crippen LogP contribution is -2.30. The zero-order valence-corrected chi connectivity index (χ0v) is 16.6. The quantitative estimate of drug-likeness (QED) is 0.741. The van der Waals surface area contributed by atoms with E-state index < -0.39 is 6.10 Å². The Morgan fingerprint density at radius 3 is 2.54 bits per heavy atom. The number of carbonyl (C=O) groups excluding carboxylic acids is 1. The molecule has 1 amide bonds. The number of amides is 1. The standard InChI is InChI=1S/C24H29NO3/c1-17(27-23-12-6-8-18-7-2-5-11-22(18)23)24(26)25-19-13-15-21(16-14-19)28-20-9-3-4-10-20/h6,8,12-17,20H,2-5,7,9-11H2,1H3,(H,25,26). The van der Waals surface area contributed by atoms with Crippen molar-refractivity contribution in [3.63, 3.8) is 0 Å². The van der Waals surface area contributed by atoms with E-state index in [0.717, 1.165) is 42.9 Å². The van der Waals surface area contributed by atoms with Crippen LogP contribution in [0.1, 0.15) is 56.6 Å². The second-order valence-electron chi connectivity index (χ2n) is 7.90. The molecule has 1 saturated carbocycles. The zero-order chi connectivity index (χ0) is 19.3. The summed E-state index contributed by atoms with van der Waals surface area (Å²) >= 11 is 0. The van der Waals surface area contributed by atoms with Gasteiger partial charge in [0.1, 0.15) is 11.5 Å². The van der Waals surface area contributed by atoms with Gasteiger partial charge in [0, 0.05) is 5.69 Å². The highest BCUT2D eigenvalue weighted by molar-refractivity contribution is 5.94. The van der Waals surface area contributed by atoms with Gasteiger partial charge in [-0.2, -0.15) is 0 Å². The summed E-state index contributed by atoms with van der Waals surface area (Å²) in [7, 11) is 0. The van der Waals surface area contributed by atoms with E-state index in [2.05, 4.69) is 11.4 Å². The molecule has 0 bridgehead atoms. The first-order valence-electron chi connectivity index (χ1n) is 10.5. The van der Waals surface area contributed by atoms with Gasteiger partial charge in [-0.15, -0.1) is 0 Å². The second kappa shape index (κ2) is 8.68. The number of anilines is 1. The van der Waals surface area contributed by atoms with Crippen LogP contribution in [0.3, 0.4) is 0 Å². The van der Waals surface area contributed by atoms with Gasteiger partial charge >= 0.3 is 0 Å². The highest BCUT2D eigenvalue weighted by Gasteiger charge is 2.20. The molecule has 1 fully saturated rings. The van der Waals surface area contributed by atoms with Crippen molar-refractivity contribution in [3.8, 4) is 11.5 Å². The van der Waals surface area contributed by atoms with Crippen molar-refractivity contribution in [1.29, 1.82) is 0 Å². The lowest BCUT2D eigenvalue weighted by atomic mass is 9.91. The molecule has 1 atom stereocenters. The highest BCUT2D eigenvalue weighted by atomic mass is 16.5. The number of fused-ring (bicyclic) bond motifs is 1. The Balaban J connectivity index is 1.34. The van der Waals surface area contributed by atoms with Crippen molar-refractivity contribution >= 4 is 11.6 Å². The largest absolute Gasteiger partial charge is 0.490 e. The van der Waals surface area contributed by atoms with Crippen LogP contribution < -0.4 is 14.8 Å². The maximum atomic E-state index is 12.6. The van der Waals surface area contributed by atoms with Crippen molar-refractivity contribution in [2.75, 3.05) is 5.32 Å². The topological polar surface area (TPSA) is 47.6 Å². The Morgan fingerprint density at radius 2 is 1.75 bits per heavy atom. The van der Waals surface area contributed by atoms with Crippen LogP contribution in [0.15, 0.2) is 42.5 Å². The first kappa shape index (κ1) is 18.9. The maximum absolute atomic E-state index is 12.6. The molecule has 4 heteroatoms. The van der Waals surface area contributed by atoms with Gasteiger partial charge in [-0.3, -0.25) is 4.79 Å². The fourth-order valence-electron chi connectivity index (χ4n) is 4.16. The summed E-state index contributed by atoms with van der Waals surface area (Å²) in [4.78, 5) is 12.6. The van der Waals surface area contributed by atoms with Crippen LogP contribution in [0.25, 0.3) is 0 Å². The number of aryl methyl sites for hydroxylation is 1. The minimum atomic E-state index is -0.553. The van der Waals surface area contributed by atoms with Gasteiger partial charge in [0.05, 0.1) is 6.10 Å². The zero-order valence-electron chi connectivity index (χ0n) is 16.6. The summed E-state index contributed by atoms with van der Waals surface area (Å²) < 4.78 is 12.0. The Bertz CT molecular complexity index is 809. The molecule has 2 aliphatic rings. The van der Waals surface area contributed by atoms with Crippen molar-refractivity contribution in [3.05, 3.63) is 53.6 Å². The molecule has 0 heterocycles. The lowest BCUT2D eigenvalue weighted by molar-refractivity contribution is -0.122. The summed E-state index contributed by atoms with van der Waals surface area (Å²) in [6.45, 7) is 1.80. The summed E-state index contributed by atoms with van der Waals surface area (Å²) in [5, 5.41) is 2.94. The fraction of sp³-hybridized carbons (Fsp3) is 0.458. The summed E-state index contributed by atoms with van der Waals surface area (Å²) in [5.74, 6) is 1.57. The Kier molecular flexibility index (Phi) is 5.84. The average Bonchev–Trinajstić information content (AvgIpc) is 3.23. The minimum Gasteiger partial charge on any atom is -0.490 e. The van der Waals surface area contributed by atoms with Gasteiger partial charge in [0.25, 0.3) is 5.91 Å². The minimum absolute atomic E-state index is 0.141. The third-order valence-electron chi connectivity index (χ3n) is 5.75. The number of hydrogen-bond acceptors (Lipinski definition) is 3. The molecular formula is C24H29NO3. The van der Waals surface area contributed by atoms with Crippen LogP contribution in [0.2, 0.25) is 0 Å². The number of rotatable bonds is 6. The van der Waals surface area contributed by atoms with E-state index in [0.29, 0.717) is 6.10 Å². The SMILES string of the molecule is CC(Oc1cccc2c1CCCC2)C(=O)Nc1ccc(OC2CCCC2)cc1. The molecule has 2 aliphatic carbocycles. The molecule has 1 unspecified atom stereocenters. The monoisotopic (exact) mass is 379 g/mol.